The lowest BCUT2D eigenvalue weighted by molar-refractivity contribution is 0.0634. The average molecular weight is 355 g/mol. The van der Waals surface area contributed by atoms with Crippen LogP contribution >= 0.6 is 0 Å². The molecule has 5 heteroatoms. The molecule has 1 aromatic carbocycles. The first-order chi connectivity index (χ1) is 12.5. The molecule has 0 aliphatic heterocycles. The molecule has 1 fully saturated rings. The van der Waals surface area contributed by atoms with Crippen LogP contribution < -0.4 is 0 Å². The normalized spacial score (nSPS) is 20.5. The summed E-state index contributed by atoms with van der Waals surface area (Å²) < 4.78 is 15.7. The minimum absolute atomic E-state index is 0.0513. The molecule has 4 rings (SSSR count). The third-order valence-corrected chi connectivity index (χ3v) is 5.98. The summed E-state index contributed by atoms with van der Waals surface area (Å²) in [7, 11) is 1.54. The Morgan fingerprint density at radius 3 is 2.69 bits per heavy atom. The van der Waals surface area contributed by atoms with Gasteiger partial charge in [0.1, 0.15) is 5.56 Å². The van der Waals surface area contributed by atoms with E-state index in [0.29, 0.717) is 11.6 Å². The Morgan fingerprint density at radius 2 is 2.04 bits per heavy atom. The maximum absolute atomic E-state index is 14.5. The van der Waals surface area contributed by atoms with E-state index in [1.165, 1.54) is 11.1 Å². The van der Waals surface area contributed by atoms with Gasteiger partial charge >= 0.3 is 0 Å². The summed E-state index contributed by atoms with van der Waals surface area (Å²) in [5, 5.41) is 4.10. The number of aromatic nitrogens is 2. The number of fused-ring (bicyclic) bond motifs is 1. The highest BCUT2D eigenvalue weighted by Gasteiger charge is 2.41. The van der Waals surface area contributed by atoms with Crippen molar-refractivity contribution in [2.24, 2.45) is 7.05 Å². The Kier molecular flexibility index (Phi) is 4.33. The van der Waals surface area contributed by atoms with E-state index < -0.39 is 5.95 Å². The number of hydrogen-bond donors (Lipinski definition) is 0. The molecule has 2 unspecified atom stereocenters. The Labute approximate surface area is 154 Å². The van der Waals surface area contributed by atoms with Crippen LogP contribution in [0.4, 0.5) is 4.39 Å². The zero-order valence-corrected chi connectivity index (χ0v) is 15.7. The standard InChI is InChI=1S/C21H26FN3O/c1-13-19(20(22)24(3)23-13)21(26)25(16-11-12-16)14(2)17-10-6-8-15-7-4-5-9-18(15)17/h4-5,7,9,14,16-17H,6,8,10-12H2,1-3H3. The van der Waals surface area contributed by atoms with Gasteiger partial charge in [0.25, 0.3) is 5.91 Å². The lowest BCUT2D eigenvalue weighted by Gasteiger charge is -2.38. The second-order valence-corrected chi connectivity index (χ2v) is 7.76. The highest BCUT2D eigenvalue weighted by atomic mass is 19.1. The molecule has 0 saturated heterocycles. The largest absolute Gasteiger partial charge is 0.332 e. The number of amides is 1. The zero-order chi connectivity index (χ0) is 18.4. The predicted octanol–water partition coefficient (Wildman–Crippen LogP) is 3.98. The summed E-state index contributed by atoms with van der Waals surface area (Å²) in [5.41, 5.74) is 3.35. The van der Waals surface area contributed by atoms with Gasteiger partial charge in [-0.25, -0.2) is 4.68 Å². The Balaban J connectivity index is 1.68. The Morgan fingerprint density at radius 1 is 1.31 bits per heavy atom. The van der Waals surface area contributed by atoms with Gasteiger partial charge < -0.3 is 4.90 Å². The summed E-state index contributed by atoms with van der Waals surface area (Å²) in [5.74, 6) is -0.426. The monoisotopic (exact) mass is 355 g/mol. The number of carbonyl (C=O) groups excluding carboxylic acids is 1. The summed E-state index contributed by atoms with van der Waals surface area (Å²) in [6, 6.07) is 8.84. The van der Waals surface area contributed by atoms with Gasteiger partial charge in [-0.3, -0.25) is 4.79 Å². The topological polar surface area (TPSA) is 38.1 Å². The Hall–Kier alpha value is -2.17. The second-order valence-electron chi connectivity index (χ2n) is 7.76. The van der Waals surface area contributed by atoms with E-state index in [1.807, 2.05) is 4.90 Å². The quantitative estimate of drug-likeness (QED) is 0.832. The fraction of sp³-hybridized carbons (Fsp3) is 0.524. The fourth-order valence-corrected chi connectivity index (χ4v) is 4.52. The molecule has 138 valence electrons. The number of carbonyl (C=O) groups is 1. The number of hydrogen-bond acceptors (Lipinski definition) is 2. The van der Waals surface area contributed by atoms with Gasteiger partial charge in [-0.1, -0.05) is 24.3 Å². The maximum Gasteiger partial charge on any atom is 0.260 e. The third kappa shape index (κ3) is 2.83. The summed E-state index contributed by atoms with van der Waals surface area (Å²) in [6.07, 6.45) is 5.33. The van der Waals surface area contributed by atoms with Crippen LogP contribution in [-0.4, -0.2) is 32.7 Å². The van der Waals surface area contributed by atoms with Crippen LogP contribution in [-0.2, 0) is 13.5 Å². The summed E-state index contributed by atoms with van der Waals surface area (Å²) in [4.78, 5) is 15.3. The van der Waals surface area contributed by atoms with Gasteiger partial charge in [-0.15, -0.1) is 0 Å². The molecule has 1 aromatic heterocycles. The van der Waals surface area contributed by atoms with Gasteiger partial charge in [-0.2, -0.15) is 9.49 Å². The van der Waals surface area contributed by atoms with Crippen molar-refractivity contribution in [3.8, 4) is 0 Å². The molecule has 1 saturated carbocycles. The average Bonchev–Trinajstić information content (AvgIpc) is 3.42. The molecule has 26 heavy (non-hydrogen) atoms. The summed E-state index contributed by atoms with van der Waals surface area (Å²) in [6.45, 7) is 3.84. The van der Waals surface area contributed by atoms with E-state index in [-0.39, 0.29) is 23.6 Å². The van der Waals surface area contributed by atoms with Gasteiger partial charge in [0, 0.05) is 25.0 Å². The minimum atomic E-state index is -0.533. The highest BCUT2D eigenvalue weighted by molar-refractivity contribution is 5.96. The van der Waals surface area contributed by atoms with Crippen molar-refractivity contribution in [1.82, 2.24) is 14.7 Å². The molecule has 1 amide bonds. The molecule has 0 bridgehead atoms. The first-order valence-corrected chi connectivity index (χ1v) is 9.58. The van der Waals surface area contributed by atoms with Crippen LogP contribution in [0.25, 0.3) is 0 Å². The smallest absolute Gasteiger partial charge is 0.260 e. The molecule has 2 atom stereocenters. The molecule has 1 heterocycles. The number of rotatable bonds is 4. The molecule has 2 aliphatic carbocycles. The molecule has 2 aliphatic rings. The van der Waals surface area contributed by atoms with Gasteiger partial charge in [0.05, 0.1) is 5.69 Å². The first kappa shape index (κ1) is 17.3. The van der Waals surface area contributed by atoms with Crippen LogP contribution in [0.3, 0.4) is 0 Å². The highest BCUT2D eigenvalue weighted by Crippen LogP contribution is 2.40. The number of nitrogens with zero attached hydrogens (tertiary/aromatic N) is 3. The van der Waals surface area contributed by atoms with Crippen molar-refractivity contribution in [3.63, 3.8) is 0 Å². The molecule has 4 nitrogen and oxygen atoms in total. The van der Waals surface area contributed by atoms with Crippen molar-refractivity contribution in [3.05, 3.63) is 52.6 Å². The first-order valence-electron chi connectivity index (χ1n) is 9.58. The third-order valence-electron chi connectivity index (χ3n) is 5.98. The molecule has 0 spiro atoms. The SMILES string of the molecule is Cc1nn(C)c(F)c1C(=O)N(C1CC1)C(C)C1CCCc2ccccc21. The van der Waals surface area contributed by atoms with Crippen LogP contribution in [0.5, 0.6) is 0 Å². The van der Waals surface area contributed by atoms with Gasteiger partial charge in [0.15, 0.2) is 0 Å². The number of benzene rings is 1. The molecule has 2 aromatic rings. The predicted molar refractivity (Wildman–Crippen MR) is 98.7 cm³/mol. The van der Waals surface area contributed by atoms with E-state index in [2.05, 4.69) is 36.3 Å². The van der Waals surface area contributed by atoms with Crippen molar-refractivity contribution in [2.75, 3.05) is 0 Å². The lowest BCUT2D eigenvalue weighted by atomic mass is 9.78. The van der Waals surface area contributed by atoms with Gasteiger partial charge in [-0.05, 0) is 57.1 Å². The van der Waals surface area contributed by atoms with E-state index in [0.717, 1.165) is 36.8 Å². The van der Waals surface area contributed by atoms with Crippen LogP contribution in [0, 0.1) is 12.9 Å². The van der Waals surface area contributed by atoms with E-state index >= 15 is 0 Å². The number of halogens is 1. The van der Waals surface area contributed by atoms with Crippen LogP contribution in [0.1, 0.15) is 65.7 Å². The van der Waals surface area contributed by atoms with Gasteiger partial charge in [0.2, 0.25) is 5.95 Å². The molecule has 0 N–H and O–H groups in total. The maximum atomic E-state index is 14.5. The van der Waals surface area contributed by atoms with E-state index in [1.54, 1.807) is 14.0 Å². The molecular formula is C21H26FN3O. The van der Waals surface area contributed by atoms with Crippen LogP contribution in [0.15, 0.2) is 24.3 Å². The van der Waals surface area contributed by atoms with E-state index in [4.69, 9.17) is 0 Å². The second kappa shape index (κ2) is 6.53. The van der Waals surface area contributed by atoms with Crippen molar-refractivity contribution >= 4 is 5.91 Å². The summed E-state index contributed by atoms with van der Waals surface area (Å²) >= 11 is 0. The van der Waals surface area contributed by atoms with Crippen molar-refractivity contribution in [1.29, 1.82) is 0 Å². The van der Waals surface area contributed by atoms with Crippen molar-refractivity contribution in [2.45, 2.75) is 64.0 Å². The minimum Gasteiger partial charge on any atom is -0.332 e. The molecule has 0 radical (unpaired) electrons. The number of aryl methyl sites for hydroxylation is 3. The lowest BCUT2D eigenvalue weighted by Crippen LogP contribution is -2.44. The van der Waals surface area contributed by atoms with Crippen LogP contribution in [0.2, 0.25) is 0 Å². The Bertz CT molecular complexity index is 840. The van der Waals surface area contributed by atoms with Crippen molar-refractivity contribution < 1.29 is 9.18 Å². The zero-order valence-electron chi connectivity index (χ0n) is 15.7. The van der Waals surface area contributed by atoms with E-state index in [9.17, 15) is 9.18 Å². The fourth-order valence-electron chi connectivity index (χ4n) is 4.52. The molecular weight excluding hydrogens is 329 g/mol.